The topological polar surface area (TPSA) is 46.2 Å². The van der Waals surface area contributed by atoms with Crippen LogP contribution in [0.25, 0.3) is 0 Å². The Balaban J connectivity index is 0.000000251. The average Bonchev–Trinajstić information content (AvgIpc) is 2.69. The Morgan fingerprint density at radius 2 is 1.50 bits per heavy atom. The molecule has 0 fully saturated rings. The Morgan fingerprint density at radius 1 is 1.10 bits per heavy atom. The van der Waals surface area contributed by atoms with Crippen LogP contribution in [0.2, 0.25) is 0 Å². The molecule has 2 rings (SSSR count). The van der Waals surface area contributed by atoms with E-state index in [4.69, 9.17) is 5.21 Å². The first-order valence-corrected chi connectivity index (χ1v) is 2.79. The zero-order valence-electron chi connectivity index (χ0n) is 5.45. The van der Waals surface area contributed by atoms with Gasteiger partial charge in [-0.2, -0.15) is 0 Å². The number of benzene rings is 1. The highest BCUT2D eigenvalue weighted by molar-refractivity contribution is 5.85. The van der Waals surface area contributed by atoms with Crippen LogP contribution in [-0.4, -0.2) is 5.21 Å². The minimum atomic E-state index is 0. The molecule has 0 amide bonds. The van der Waals surface area contributed by atoms with Crippen molar-refractivity contribution in [3.8, 4) is 0 Å². The van der Waals surface area contributed by atoms with E-state index >= 15 is 0 Å². The van der Waals surface area contributed by atoms with Gasteiger partial charge in [-0.1, -0.05) is 24.3 Å². The first-order chi connectivity index (χ1) is 4.47. The van der Waals surface area contributed by atoms with Crippen molar-refractivity contribution in [3.63, 3.8) is 0 Å². The second kappa shape index (κ2) is 4.28. The summed E-state index contributed by atoms with van der Waals surface area (Å²) in [5.41, 5.74) is 3.06. The van der Waals surface area contributed by atoms with Gasteiger partial charge in [0.25, 0.3) is 0 Å². The molecule has 0 aromatic heterocycles. The van der Waals surface area contributed by atoms with Gasteiger partial charge in [-0.05, 0) is 17.5 Å². The fraction of sp³-hybridized carbons (Fsp3) is 0.143. The molecule has 56 valence electrons. The van der Waals surface area contributed by atoms with Gasteiger partial charge in [0.2, 0.25) is 0 Å². The van der Waals surface area contributed by atoms with Crippen LogP contribution in [0.15, 0.2) is 24.3 Å². The molecule has 3 N–H and O–H groups in total. The highest BCUT2D eigenvalue weighted by Gasteiger charge is 2.12. The Morgan fingerprint density at radius 3 is 1.80 bits per heavy atom. The lowest BCUT2D eigenvalue weighted by Gasteiger charge is -1.69. The summed E-state index contributed by atoms with van der Waals surface area (Å²) >= 11 is 0. The van der Waals surface area contributed by atoms with Crippen molar-refractivity contribution in [1.82, 2.24) is 0 Å². The van der Waals surface area contributed by atoms with Gasteiger partial charge in [0.05, 0.1) is 0 Å². The molecule has 1 aromatic carbocycles. The maximum atomic E-state index is 6.50. The summed E-state index contributed by atoms with van der Waals surface area (Å²) in [4.78, 5) is 0. The van der Waals surface area contributed by atoms with Crippen molar-refractivity contribution in [2.75, 3.05) is 0 Å². The maximum absolute atomic E-state index is 6.50. The molecule has 0 aliphatic heterocycles. The van der Waals surface area contributed by atoms with E-state index in [1.54, 1.807) is 0 Å². The van der Waals surface area contributed by atoms with Gasteiger partial charge in [0, 0.05) is 0 Å². The Hall–Kier alpha value is -0.570. The molecule has 0 unspecified atom stereocenters. The van der Waals surface area contributed by atoms with Crippen molar-refractivity contribution in [3.05, 3.63) is 35.4 Å². The molecule has 3 heteroatoms. The number of hydrogen-bond acceptors (Lipinski definition) is 2. The molecule has 0 saturated heterocycles. The van der Waals surface area contributed by atoms with Crippen LogP contribution < -0.4 is 5.90 Å². The lowest BCUT2D eigenvalue weighted by atomic mass is 10.4. The Labute approximate surface area is 66.0 Å². The van der Waals surface area contributed by atoms with E-state index in [-0.39, 0.29) is 12.4 Å². The summed E-state index contributed by atoms with van der Waals surface area (Å²) in [5.74, 6) is 3.50. The fourth-order valence-electron chi connectivity index (χ4n) is 0.836. The lowest BCUT2D eigenvalue weighted by Crippen LogP contribution is -1.72. The SMILES string of the molecule is Cl.NO.c1ccc2c(c1)C2. The molecular formula is C7H10ClNO. The van der Waals surface area contributed by atoms with Crippen molar-refractivity contribution in [1.29, 1.82) is 0 Å². The first kappa shape index (κ1) is 9.43. The molecule has 1 aliphatic rings. The summed E-state index contributed by atoms with van der Waals surface area (Å²) < 4.78 is 0. The van der Waals surface area contributed by atoms with Crippen LogP contribution in [-0.2, 0) is 6.42 Å². The summed E-state index contributed by atoms with van der Waals surface area (Å²) in [6.45, 7) is 0. The molecule has 1 aliphatic carbocycles. The fourth-order valence-corrected chi connectivity index (χ4v) is 0.836. The number of halogens is 1. The lowest BCUT2D eigenvalue weighted by molar-refractivity contribution is 0.311. The van der Waals surface area contributed by atoms with Crippen LogP contribution in [0.4, 0.5) is 0 Å². The molecule has 0 spiro atoms. The first-order valence-electron chi connectivity index (χ1n) is 2.79. The molecule has 0 bridgehead atoms. The summed E-state index contributed by atoms with van der Waals surface area (Å²) in [6.07, 6.45) is 1.24. The summed E-state index contributed by atoms with van der Waals surface area (Å²) in [6, 6.07) is 8.53. The number of hydrogen-bond donors (Lipinski definition) is 2. The van der Waals surface area contributed by atoms with Gasteiger partial charge >= 0.3 is 0 Å². The van der Waals surface area contributed by atoms with Gasteiger partial charge in [0.1, 0.15) is 0 Å². The van der Waals surface area contributed by atoms with Gasteiger partial charge in [-0.25, -0.2) is 5.90 Å². The van der Waals surface area contributed by atoms with E-state index in [0.29, 0.717) is 0 Å². The molecule has 10 heavy (non-hydrogen) atoms. The summed E-state index contributed by atoms with van der Waals surface area (Å²) in [7, 11) is 0. The van der Waals surface area contributed by atoms with E-state index in [2.05, 4.69) is 30.2 Å². The molecule has 0 atom stereocenters. The largest absolute Gasteiger partial charge is 0.320 e. The second-order valence-electron chi connectivity index (χ2n) is 1.95. The number of fused-ring (bicyclic) bond motifs is 1. The van der Waals surface area contributed by atoms with Gasteiger partial charge in [-0.15, -0.1) is 12.4 Å². The maximum Gasteiger partial charge on any atom is -0.00201 e. The Bertz CT molecular complexity index is 182. The van der Waals surface area contributed by atoms with E-state index in [0.717, 1.165) is 0 Å². The summed E-state index contributed by atoms with van der Waals surface area (Å²) in [5, 5.41) is 6.50. The standard InChI is InChI=1S/C7H6.ClH.H3NO/c1-2-4-7-5-6(7)3-1;;1-2/h1-4H,5H2;1H;2H,1H2. The predicted molar refractivity (Wildman–Crippen MR) is 42.5 cm³/mol. The number of nitrogens with two attached hydrogens (primary N) is 1. The van der Waals surface area contributed by atoms with E-state index in [1.165, 1.54) is 17.5 Å². The highest BCUT2D eigenvalue weighted by Crippen LogP contribution is 2.25. The quantitative estimate of drug-likeness (QED) is 0.570. The monoisotopic (exact) mass is 159 g/mol. The van der Waals surface area contributed by atoms with E-state index in [9.17, 15) is 0 Å². The Kier molecular flexibility index (Phi) is 4.03. The normalized spacial score (nSPS) is 9.80. The third kappa shape index (κ3) is 1.99. The van der Waals surface area contributed by atoms with Crippen LogP contribution in [0.1, 0.15) is 11.1 Å². The molecule has 0 radical (unpaired) electrons. The zero-order valence-corrected chi connectivity index (χ0v) is 6.27. The van der Waals surface area contributed by atoms with Crippen molar-refractivity contribution in [2.45, 2.75) is 6.42 Å². The van der Waals surface area contributed by atoms with Crippen molar-refractivity contribution in [2.24, 2.45) is 5.90 Å². The predicted octanol–water partition coefficient (Wildman–Crippen LogP) is 1.35. The third-order valence-electron chi connectivity index (χ3n) is 1.37. The van der Waals surface area contributed by atoms with Crippen LogP contribution in [0, 0.1) is 0 Å². The zero-order chi connectivity index (χ0) is 6.69. The molecule has 2 nitrogen and oxygen atoms in total. The third-order valence-corrected chi connectivity index (χ3v) is 1.37. The molecule has 1 aromatic rings. The van der Waals surface area contributed by atoms with Crippen LogP contribution in [0.5, 0.6) is 0 Å². The van der Waals surface area contributed by atoms with Crippen molar-refractivity contribution < 1.29 is 5.21 Å². The van der Waals surface area contributed by atoms with Gasteiger partial charge < -0.3 is 5.21 Å². The molecule has 0 saturated carbocycles. The van der Waals surface area contributed by atoms with E-state index in [1.807, 2.05) is 0 Å². The smallest absolute Gasteiger partial charge is 0.00201 e. The van der Waals surface area contributed by atoms with Gasteiger partial charge in [0.15, 0.2) is 0 Å². The van der Waals surface area contributed by atoms with Gasteiger partial charge in [-0.3, -0.25) is 0 Å². The molecular weight excluding hydrogens is 150 g/mol. The van der Waals surface area contributed by atoms with Crippen LogP contribution >= 0.6 is 12.4 Å². The average molecular weight is 160 g/mol. The van der Waals surface area contributed by atoms with E-state index < -0.39 is 0 Å². The minimum absolute atomic E-state index is 0. The molecule has 0 heterocycles. The van der Waals surface area contributed by atoms with Crippen LogP contribution in [0.3, 0.4) is 0 Å². The minimum Gasteiger partial charge on any atom is -0.320 e. The second-order valence-corrected chi connectivity index (χ2v) is 1.95. The van der Waals surface area contributed by atoms with Crippen molar-refractivity contribution >= 4 is 12.4 Å². The highest BCUT2D eigenvalue weighted by atomic mass is 35.5. The number of rotatable bonds is 0.